The monoisotopic (exact) mass is 440 g/mol. The Bertz CT molecular complexity index is 1200. The number of anilines is 1. The minimum atomic E-state index is -0.625. The van der Waals surface area contributed by atoms with E-state index in [0.29, 0.717) is 34.1 Å². The molecule has 0 saturated carbocycles. The van der Waals surface area contributed by atoms with E-state index < -0.39 is 5.91 Å². The molecule has 1 heterocycles. The molecule has 1 N–H and O–H groups in total. The van der Waals surface area contributed by atoms with Gasteiger partial charge in [0, 0.05) is 17.3 Å². The van der Waals surface area contributed by atoms with Crippen LogP contribution in [0.1, 0.15) is 11.3 Å². The van der Waals surface area contributed by atoms with Crippen LogP contribution >= 0.6 is 11.6 Å². The molecular formula is C22H18ClFN4O3. The number of ether oxygens (including phenoxy) is 2. The van der Waals surface area contributed by atoms with E-state index in [0.717, 1.165) is 0 Å². The standard InChI is InChI=1S/C22H18ClFN4O3/c1-13-18(21(23)28(27-13)17-7-4-15(24)5-8-17)10-14(12-25)22(29)26-16-6-9-19(30-2)20(11-16)31-3/h4-11H,1-3H3,(H,26,29)/b14-10-. The molecule has 7 nitrogen and oxygen atoms in total. The van der Waals surface area contributed by atoms with Crippen LogP contribution in [0.3, 0.4) is 0 Å². The van der Waals surface area contributed by atoms with E-state index in [4.69, 9.17) is 21.1 Å². The van der Waals surface area contributed by atoms with Crippen LogP contribution in [0.5, 0.6) is 11.5 Å². The summed E-state index contributed by atoms with van der Waals surface area (Å²) in [5.74, 6) is -0.0726. The van der Waals surface area contributed by atoms with E-state index >= 15 is 0 Å². The fourth-order valence-corrected chi connectivity index (χ4v) is 3.16. The number of carbonyl (C=O) groups is 1. The lowest BCUT2D eigenvalue weighted by Gasteiger charge is -2.10. The van der Waals surface area contributed by atoms with E-state index in [1.54, 1.807) is 25.1 Å². The average Bonchev–Trinajstić information content (AvgIpc) is 3.05. The molecule has 0 saturated heterocycles. The maximum atomic E-state index is 13.2. The Kier molecular flexibility index (Phi) is 6.58. The van der Waals surface area contributed by atoms with Crippen molar-refractivity contribution in [3.05, 3.63) is 70.3 Å². The van der Waals surface area contributed by atoms with Crippen LogP contribution in [0.4, 0.5) is 10.1 Å². The number of nitriles is 1. The first-order chi connectivity index (χ1) is 14.9. The molecule has 3 rings (SSSR count). The number of halogens is 2. The molecule has 0 bridgehead atoms. The van der Waals surface area contributed by atoms with Crippen molar-refractivity contribution >= 4 is 29.3 Å². The fraction of sp³-hybridized carbons (Fsp3) is 0.136. The Balaban J connectivity index is 1.90. The summed E-state index contributed by atoms with van der Waals surface area (Å²) in [5.41, 5.74) is 1.71. The molecule has 158 valence electrons. The van der Waals surface area contributed by atoms with Gasteiger partial charge < -0.3 is 14.8 Å². The maximum absolute atomic E-state index is 13.2. The average molecular weight is 441 g/mol. The fourth-order valence-electron chi connectivity index (χ4n) is 2.83. The minimum Gasteiger partial charge on any atom is -0.493 e. The summed E-state index contributed by atoms with van der Waals surface area (Å²) in [4.78, 5) is 12.7. The second-order valence-corrected chi connectivity index (χ2v) is 6.73. The summed E-state index contributed by atoms with van der Waals surface area (Å²) >= 11 is 6.43. The number of carbonyl (C=O) groups excluding carboxylic acids is 1. The highest BCUT2D eigenvalue weighted by atomic mass is 35.5. The van der Waals surface area contributed by atoms with Crippen molar-refractivity contribution in [1.82, 2.24) is 9.78 Å². The van der Waals surface area contributed by atoms with Gasteiger partial charge >= 0.3 is 0 Å². The van der Waals surface area contributed by atoms with Gasteiger partial charge in [0.2, 0.25) is 0 Å². The number of hydrogen-bond donors (Lipinski definition) is 1. The third kappa shape index (κ3) is 4.68. The van der Waals surface area contributed by atoms with Crippen molar-refractivity contribution < 1.29 is 18.7 Å². The maximum Gasteiger partial charge on any atom is 0.266 e. The number of hydrogen-bond acceptors (Lipinski definition) is 5. The van der Waals surface area contributed by atoms with Crippen molar-refractivity contribution in [2.24, 2.45) is 0 Å². The number of amides is 1. The number of aromatic nitrogens is 2. The number of benzene rings is 2. The van der Waals surface area contributed by atoms with Gasteiger partial charge in [0.15, 0.2) is 11.5 Å². The molecule has 0 spiro atoms. The van der Waals surface area contributed by atoms with Gasteiger partial charge in [-0.25, -0.2) is 9.07 Å². The van der Waals surface area contributed by atoms with Crippen molar-refractivity contribution in [3.8, 4) is 23.3 Å². The van der Waals surface area contributed by atoms with Crippen LogP contribution in [0, 0.1) is 24.1 Å². The number of nitrogens with zero attached hydrogens (tertiary/aromatic N) is 3. The van der Waals surface area contributed by atoms with E-state index in [-0.39, 0.29) is 16.5 Å². The Morgan fingerprint density at radius 1 is 1.19 bits per heavy atom. The molecule has 0 aliphatic heterocycles. The molecule has 0 unspecified atom stereocenters. The summed E-state index contributed by atoms with van der Waals surface area (Å²) in [5, 5.41) is 16.7. The molecule has 0 fully saturated rings. The Hall–Kier alpha value is -3.83. The van der Waals surface area contributed by atoms with Gasteiger partial charge in [-0.2, -0.15) is 10.4 Å². The van der Waals surface area contributed by atoms with Crippen molar-refractivity contribution in [2.75, 3.05) is 19.5 Å². The smallest absolute Gasteiger partial charge is 0.266 e. The van der Waals surface area contributed by atoms with Gasteiger partial charge in [-0.15, -0.1) is 0 Å². The number of rotatable bonds is 6. The lowest BCUT2D eigenvalue weighted by Crippen LogP contribution is -2.13. The van der Waals surface area contributed by atoms with Crippen molar-refractivity contribution in [2.45, 2.75) is 6.92 Å². The molecule has 1 amide bonds. The SMILES string of the molecule is COc1ccc(NC(=O)/C(C#N)=C\c2c(C)nn(-c3ccc(F)cc3)c2Cl)cc1OC. The topological polar surface area (TPSA) is 89.2 Å². The van der Waals surface area contributed by atoms with Crippen LogP contribution in [0.25, 0.3) is 11.8 Å². The van der Waals surface area contributed by atoms with Crippen LogP contribution in [0.15, 0.2) is 48.0 Å². The van der Waals surface area contributed by atoms with Crippen molar-refractivity contribution in [3.63, 3.8) is 0 Å². The van der Waals surface area contributed by atoms with E-state index in [9.17, 15) is 14.4 Å². The van der Waals surface area contributed by atoms with Crippen LogP contribution in [-0.4, -0.2) is 29.9 Å². The molecule has 3 aromatic rings. The third-order valence-electron chi connectivity index (χ3n) is 4.41. The third-order valence-corrected chi connectivity index (χ3v) is 4.78. The van der Waals surface area contributed by atoms with Gasteiger partial charge in [-0.3, -0.25) is 4.79 Å². The zero-order valence-corrected chi connectivity index (χ0v) is 17.7. The number of aryl methyl sites for hydroxylation is 1. The zero-order valence-electron chi connectivity index (χ0n) is 16.9. The highest BCUT2D eigenvalue weighted by Crippen LogP contribution is 2.30. The quantitative estimate of drug-likeness (QED) is 0.449. The second-order valence-electron chi connectivity index (χ2n) is 6.37. The highest BCUT2D eigenvalue weighted by Gasteiger charge is 2.17. The molecular weight excluding hydrogens is 423 g/mol. The van der Waals surface area contributed by atoms with Gasteiger partial charge in [-0.05, 0) is 49.4 Å². The van der Waals surface area contributed by atoms with Crippen LogP contribution in [-0.2, 0) is 4.79 Å². The zero-order chi connectivity index (χ0) is 22.5. The van der Waals surface area contributed by atoms with E-state index in [1.165, 1.54) is 49.2 Å². The largest absolute Gasteiger partial charge is 0.493 e. The van der Waals surface area contributed by atoms with Gasteiger partial charge in [0.25, 0.3) is 5.91 Å². The first-order valence-corrected chi connectivity index (χ1v) is 9.42. The molecule has 0 radical (unpaired) electrons. The summed E-state index contributed by atoms with van der Waals surface area (Å²) in [6.07, 6.45) is 1.36. The predicted octanol–water partition coefficient (Wildman–Crippen LogP) is 4.54. The Morgan fingerprint density at radius 3 is 2.48 bits per heavy atom. The van der Waals surface area contributed by atoms with Crippen LogP contribution in [0.2, 0.25) is 5.15 Å². The number of methoxy groups -OCH3 is 2. The lowest BCUT2D eigenvalue weighted by atomic mass is 10.1. The summed E-state index contributed by atoms with van der Waals surface area (Å²) < 4.78 is 25.0. The first-order valence-electron chi connectivity index (χ1n) is 9.04. The summed E-state index contributed by atoms with van der Waals surface area (Å²) in [7, 11) is 2.98. The Morgan fingerprint density at radius 2 is 1.87 bits per heavy atom. The highest BCUT2D eigenvalue weighted by molar-refractivity contribution is 6.31. The molecule has 0 aliphatic carbocycles. The van der Waals surface area contributed by atoms with Crippen molar-refractivity contribution in [1.29, 1.82) is 5.26 Å². The second kappa shape index (κ2) is 9.32. The van der Waals surface area contributed by atoms with Crippen LogP contribution < -0.4 is 14.8 Å². The molecule has 2 aromatic carbocycles. The molecule has 31 heavy (non-hydrogen) atoms. The van der Waals surface area contributed by atoms with Gasteiger partial charge in [0.05, 0.1) is 25.6 Å². The normalized spacial score (nSPS) is 11.0. The van der Waals surface area contributed by atoms with E-state index in [2.05, 4.69) is 10.4 Å². The lowest BCUT2D eigenvalue weighted by molar-refractivity contribution is -0.112. The summed E-state index contributed by atoms with van der Waals surface area (Å²) in [6.45, 7) is 1.69. The Labute approximate surface area is 183 Å². The van der Waals surface area contributed by atoms with Gasteiger partial charge in [0.1, 0.15) is 22.6 Å². The molecule has 9 heteroatoms. The molecule has 0 atom stereocenters. The predicted molar refractivity (Wildman–Crippen MR) is 115 cm³/mol. The van der Waals surface area contributed by atoms with Gasteiger partial charge in [-0.1, -0.05) is 11.6 Å². The molecule has 1 aromatic heterocycles. The summed E-state index contributed by atoms with van der Waals surface area (Å²) in [6, 6.07) is 12.3. The first kappa shape index (κ1) is 21.9. The minimum absolute atomic E-state index is 0.168. The number of nitrogens with one attached hydrogen (secondary N) is 1. The van der Waals surface area contributed by atoms with E-state index in [1.807, 2.05) is 6.07 Å². The molecule has 0 aliphatic rings.